The van der Waals surface area contributed by atoms with Gasteiger partial charge in [0.05, 0.1) is 25.3 Å². The van der Waals surface area contributed by atoms with E-state index < -0.39 is 59.3 Å². The fraction of sp³-hybridized carbons (Fsp3) is 0.621. The number of amides is 2. The van der Waals surface area contributed by atoms with Crippen LogP contribution in [0.4, 0.5) is 10.5 Å². The molecule has 0 radical (unpaired) electrons. The van der Waals surface area contributed by atoms with Crippen molar-refractivity contribution in [2.75, 3.05) is 33.2 Å². The van der Waals surface area contributed by atoms with Gasteiger partial charge in [0.2, 0.25) is 5.91 Å². The summed E-state index contributed by atoms with van der Waals surface area (Å²) in [5, 5.41) is 17.3. The second-order valence-electron chi connectivity index (χ2n) is 11.7. The van der Waals surface area contributed by atoms with Crippen molar-refractivity contribution in [1.29, 1.82) is 0 Å². The highest BCUT2D eigenvalue weighted by Crippen LogP contribution is 2.50. The number of methoxy groups -OCH3 is 2. The molecule has 1 aromatic carbocycles. The van der Waals surface area contributed by atoms with Crippen LogP contribution in [0.1, 0.15) is 45.1 Å². The third-order valence-electron chi connectivity index (χ3n) is 9.13. The van der Waals surface area contributed by atoms with Crippen molar-refractivity contribution in [3.05, 3.63) is 28.8 Å². The van der Waals surface area contributed by atoms with Crippen LogP contribution in [-0.4, -0.2) is 92.7 Å². The first-order chi connectivity index (χ1) is 19.8. The maximum absolute atomic E-state index is 13.7. The zero-order valence-corrected chi connectivity index (χ0v) is 25.3. The molecule has 4 heterocycles. The Bertz CT molecular complexity index is 1300. The summed E-state index contributed by atoms with van der Waals surface area (Å²) in [5.41, 5.74) is -2.72. The van der Waals surface area contributed by atoms with E-state index in [-0.39, 0.29) is 23.8 Å². The zero-order chi connectivity index (χ0) is 30.6. The molecule has 1 aromatic rings. The number of rotatable bonds is 5. The summed E-state index contributed by atoms with van der Waals surface area (Å²) in [6, 6.07) is 3.38. The highest BCUT2D eigenvalue weighted by atomic mass is 35.5. The van der Waals surface area contributed by atoms with Crippen molar-refractivity contribution in [2.24, 2.45) is 5.92 Å². The Morgan fingerprint density at radius 3 is 2.60 bits per heavy atom. The Hall–Kier alpha value is -2.90. The first-order valence-electron chi connectivity index (χ1n) is 14.0. The van der Waals surface area contributed by atoms with Gasteiger partial charge in [-0.2, -0.15) is 0 Å². The van der Waals surface area contributed by atoms with Gasteiger partial charge < -0.3 is 39.0 Å². The van der Waals surface area contributed by atoms with E-state index in [4.69, 9.17) is 35.3 Å². The molecule has 0 spiro atoms. The van der Waals surface area contributed by atoms with Crippen LogP contribution < -0.4 is 20.3 Å². The second-order valence-corrected chi connectivity index (χ2v) is 12.1. The second kappa shape index (κ2) is 11.0. The number of esters is 1. The van der Waals surface area contributed by atoms with E-state index >= 15 is 0 Å². The van der Waals surface area contributed by atoms with Gasteiger partial charge >= 0.3 is 12.1 Å². The highest BCUT2D eigenvalue weighted by Gasteiger charge is 2.65. The van der Waals surface area contributed by atoms with E-state index in [1.807, 2.05) is 6.92 Å². The van der Waals surface area contributed by atoms with Gasteiger partial charge in [-0.05, 0) is 38.9 Å². The SMILES string of the molecule is CNC1(C(=O)OC2CC(=O)N(C)c3ccc(c(OC)c3Cl)/C=C/C(OC)C3(O)CC(OC(=O)N3)C(C)C3OC23C)CC1. The maximum Gasteiger partial charge on any atom is 0.409 e. The number of likely N-dealkylation sites (N-methyl/N-ethyl adjacent to an activating group) is 1. The third kappa shape index (κ3) is 5.24. The molecule has 1 saturated carbocycles. The number of epoxide rings is 1. The van der Waals surface area contributed by atoms with E-state index in [9.17, 15) is 19.5 Å². The molecule has 42 heavy (non-hydrogen) atoms. The maximum atomic E-state index is 13.7. The number of alkyl carbamates (subject to hydrolysis) is 1. The van der Waals surface area contributed by atoms with E-state index in [1.165, 1.54) is 19.1 Å². The summed E-state index contributed by atoms with van der Waals surface area (Å²) in [5.74, 6) is -0.955. The number of ether oxygens (including phenoxy) is 5. The number of hydrogen-bond acceptors (Lipinski definition) is 10. The lowest BCUT2D eigenvalue weighted by Gasteiger charge is -2.42. The number of carbonyl (C=O) groups is 3. The molecule has 6 rings (SSSR count). The Morgan fingerprint density at radius 1 is 1.26 bits per heavy atom. The van der Waals surface area contributed by atoms with Crippen LogP contribution in [0.2, 0.25) is 5.02 Å². The van der Waals surface area contributed by atoms with E-state index in [0.717, 1.165) is 0 Å². The van der Waals surface area contributed by atoms with E-state index in [2.05, 4.69) is 10.6 Å². The lowest BCUT2D eigenvalue weighted by atomic mass is 9.83. The van der Waals surface area contributed by atoms with Crippen LogP contribution in [0.5, 0.6) is 5.75 Å². The summed E-state index contributed by atoms with van der Waals surface area (Å²) in [4.78, 5) is 41.0. The summed E-state index contributed by atoms with van der Waals surface area (Å²) in [6.45, 7) is 3.60. The number of nitrogens with one attached hydrogen (secondary N) is 2. The van der Waals surface area contributed by atoms with Gasteiger partial charge in [0, 0.05) is 32.1 Å². The minimum atomic E-state index is -1.82. The predicted octanol–water partition coefficient (Wildman–Crippen LogP) is 2.39. The largest absolute Gasteiger partial charge is 0.494 e. The normalized spacial score (nSPS) is 36.2. The molecule has 13 heteroatoms. The fourth-order valence-corrected chi connectivity index (χ4v) is 6.42. The number of halogens is 1. The van der Waals surface area contributed by atoms with Gasteiger partial charge in [-0.25, -0.2) is 4.79 Å². The number of aliphatic hydroxyl groups is 1. The summed E-state index contributed by atoms with van der Waals surface area (Å²) >= 11 is 6.73. The van der Waals surface area contributed by atoms with Crippen LogP contribution in [0.15, 0.2) is 18.2 Å². The zero-order valence-electron chi connectivity index (χ0n) is 24.6. The topological polar surface area (TPSA) is 148 Å². The first kappa shape index (κ1) is 30.6. The molecule has 4 bridgehead atoms. The molecule has 12 nitrogen and oxygen atoms in total. The number of hydrogen-bond donors (Lipinski definition) is 3. The summed E-state index contributed by atoms with van der Waals surface area (Å²) in [6.07, 6.45) is 0.220. The highest BCUT2D eigenvalue weighted by molar-refractivity contribution is 6.35. The molecule has 3 N–H and O–H groups in total. The molecule has 7 unspecified atom stereocenters. The summed E-state index contributed by atoms with van der Waals surface area (Å²) in [7, 11) is 6.15. The van der Waals surface area contributed by atoms with Crippen molar-refractivity contribution >= 4 is 41.3 Å². The van der Waals surface area contributed by atoms with Gasteiger partial charge in [0.25, 0.3) is 0 Å². The lowest BCUT2D eigenvalue weighted by Crippen LogP contribution is -2.63. The van der Waals surface area contributed by atoms with Gasteiger partial charge in [-0.1, -0.05) is 30.7 Å². The van der Waals surface area contributed by atoms with Crippen LogP contribution in [0.25, 0.3) is 6.08 Å². The minimum absolute atomic E-state index is 0.0233. The van der Waals surface area contributed by atoms with Gasteiger partial charge in [0.1, 0.15) is 40.2 Å². The number of fused-ring (bicyclic) bond motifs is 6. The monoisotopic (exact) mass is 607 g/mol. The van der Waals surface area contributed by atoms with Gasteiger partial charge in [0.15, 0.2) is 5.72 Å². The molecule has 4 aliphatic heterocycles. The van der Waals surface area contributed by atoms with Crippen molar-refractivity contribution in [2.45, 2.75) is 80.8 Å². The first-order valence-corrected chi connectivity index (χ1v) is 14.3. The van der Waals surface area contributed by atoms with E-state index in [1.54, 1.807) is 45.3 Å². The third-order valence-corrected chi connectivity index (χ3v) is 9.50. The van der Waals surface area contributed by atoms with Crippen LogP contribution in [0.3, 0.4) is 0 Å². The van der Waals surface area contributed by atoms with Gasteiger partial charge in [-0.15, -0.1) is 0 Å². The quantitative estimate of drug-likeness (QED) is 0.336. The smallest absolute Gasteiger partial charge is 0.409 e. The minimum Gasteiger partial charge on any atom is -0.494 e. The molecule has 0 aromatic heterocycles. The van der Waals surface area contributed by atoms with Crippen LogP contribution >= 0.6 is 11.6 Å². The molecule has 1 aliphatic carbocycles. The number of benzene rings is 1. The summed E-state index contributed by atoms with van der Waals surface area (Å²) < 4.78 is 29.0. The Balaban J connectivity index is 1.58. The van der Waals surface area contributed by atoms with Crippen molar-refractivity contribution < 1.29 is 43.2 Å². The van der Waals surface area contributed by atoms with Crippen molar-refractivity contribution in [3.8, 4) is 5.75 Å². The average molecular weight is 608 g/mol. The predicted molar refractivity (Wildman–Crippen MR) is 152 cm³/mol. The molecule has 3 fully saturated rings. The number of carbonyl (C=O) groups excluding carboxylic acids is 3. The number of anilines is 1. The lowest BCUT2D eigenvalue weighted by molar-refractivity contribution is -0.157. The molecule has 230 valence electrons. The standard InChI is InChI=1S/C29H38ClN3O9/c1-15-18-14-29(37,32-26(36)40-18)19(38-5)10-8-16-7-9-17(22(30)23(16)39-6)33(4)21(34)13-20(27(2)24(15)42-27)41-25(35)28(31-3)11-12-28/h7-10,15,18-20,24,31,37H,11-14H2,1-6H3,(H,32,36)/b10-8+. The molecule has 2 amide bonds. The Kier molecular flexibility index (Phi) is 7.99. The number of nitrogens with zero attached hydrogens (tertiary/aromatic N) is 1. The molecule has 2 saturated heterocycles. The Labute approximate surface area is 249 Å². The average Bonchev–Trinajstić information content (AvgIpc) is 3.87. The van der Waals surface area contributed by atoms with Crippen molar-refractivity contribution in [3.63, 3.8) is 0 Å². The van der Waals surface area contributed by atoms with Gasteiger partial charge in [-0.3, -0.25) is 14.9 Å². The molecule has 7 atom stereocenters. The molecule has 5 aliphatic rings. The van der Waals surface area contributed by atoms with Crippen molar-refractivity contribution in [1.82, 2.24) is 10.6 Å². The van der Waals surface area contributed by atoms with E-state index in [0.29, 0.717) is 29.8 Å². The molecular weight excluding hydrogens is 570 g/mol. The van der Waals surface area contributed by atoms with Crippen LogP contribution in [-0.2, 0) is 28.5 Å². The fourth-order valence-electron chi connectivity index (χ4n) is 6.04. The Morgan fingerprint density at radius 2 is 1.98 bits per heavy atom. The van der Waals surface area contributed by atoms with Crippen LogP contribution in [0, 0.1) is 5.92 Å². The molecular formula is C29H38ClN3O9.